The van der Waals surface area contributed by atoms with Crippen LogP contribution < -0.4 is 4.74 Å². The van der Waals surface area contributed by atoms with E-state index in [0.29, 0.717) is 6.10 Å². The van der Waals surface area contributed by atoms with E-state index in [2.05, 4.69) is 35.1 Å². The van der Waals surface area contributed by atoms with Crippen LogP contribution in [-0.4, -0.2) is 36.1 Å². The molecule has 1 saturated heterocycles. The Morgan fingerprint density at radius 3 is 2.88 bits per heavy atom. The fraction of sp³-hybridized carbons (Fsp3) is 0.429. The first-order chi connectivity index (χ1) is 8.33. The number of hydrogen-bond acceptors (Lipinski definition) is 2. The predicted molar refractivity (Wildman–Crippen MR) is 69.4 cm³/mol. The molecule has 1 N–H and O–H groups in total. The third-order valence-electron chi connectivity index (χ3n) is 3.51. The summed E-state index contributed by atoms with van der Waals surface area (Å²) in [7, 11) is 2.17. The molecule has 0 aliphatic carbocycles. The van der Waals surface area contributed by atoms with E-state index in [-0.39, 0.29) is 0 Å². The molecule has 0 amide bonds. The molecular weight excluding hydrogens is 212 g/mol. The first-order valence-corrected chi connectivity index (χ1v) is 6.24. The van der Waals surface area contributed by atoms with Gasteiger partial charge < -0.3 is 14.6 Å². The molecule has 2 heterocycles. The minimum absolute atomic E-state index is 0.367. The molecule has 3 heteroatoms. The highest BCUT2D eigenvalue weighted by atomic mass is 16.5. The van der Waals surface area contributed by atoms with Crippen molar-refractivity contribution in [1.29, 1.82) is 0 Å². The van der Waals surface area contributed by atoms with Gasteiger partial charge >= 0.3 is 0 Å². The summed E-state index contributed by atoms with van der Waals surface area (Å²) in [6.07, 6.45) is 4.58. The highest BCUT2D eigenvalue weighted by Gasteiger charge is 2.18. The van der Waals surface area contributed by atoms with Crippen molar-refractivity contribution in [3.05, 3.63) is 30.5 Å². The van der Waals surface area contributed by atoms with E-state index in [0.717, 1.165) is 37.2 Å². The fourth-order valence-corrected chi connectivity index (χ4v) is 2.44. The lowest BCUT2D eigenvalue weighted by molar-refractivity contribution is 0.116. The molecule has 3 nitrogen and oxygen atoms in total. The number of nitrogens with zero attached hydrogens (tertiary/aromatic N) is 1. The largest absolute Gasteiger partial charge is 0.490 e. The van der Waals surface area contributed by atoms with Gasteiger partial charge in [-0.2, -0.15) is 0 Å². The Labute approximate surface area is 101 Å². The average Bonchev–Trinajstić information content (AvgIpc) is 2.81. The lowest BCUT2D eigenvalue weighted by Crippen LogP contribution is -2.35. The number of benzene rings is 1. The Hall–Kier alpha value is -1.48. The Morgan fingerprint density at radius 2 is 2.06 bits per heavy atom. The van der Waals surface area contributed by atoms with Crippen molar-refractivity contribution in [1.82, 2.24) is 9.88 Å². The molecule has 2 aromatic rings. The van der Waals surface area contributed by atoms with Gasteiger partial charge in [-0.25, -0.2) is 0 Å². The summed E-state index contributed by atoms with van der Waals surface area (Å²) in [6, 6.07) is 8.27. The number of likely N-dealkylation sites (tertiary alicyclic amines) is 1. The normalized spacial score (nSPS) is 18.6. The molecule has 1 aliphatic rings. The van der Waals surface area contributed by atoms with Gasteiger partial charge in [0.15, 0.2) is 0 Å². The van der Waals surface area contributed by atoms with E-state index in [1.165, 1.54) is 5.39 Å². The molecule has 3 rings (SSSR count). The molecule has 90 valence electrons. The SMILES string of the molecule is CN1CCC(Oc2cccc3[nH]ccc23)CC1. The number of H-pyrrole nitrogens is 1. The number of aromatic nitrogens is 1. The number of nitrogens with one attached hydrogen (secondary N) is 1. The fourth-order valence-electron chi connectivity index (χ4n) is 2.44. The molecule has 0 spiro atoms. The predicted octanol–water partition coefficient (Wildman–Crippen LogP) is 2.64. The minimum Gasteiger partial charge on any atom is -0.490 e. The van der Waals surface area contributed by atoms with Gasteiger partial charge in [-0.3, -0.25) is 0 Å². The van der Waals surface area contributed by atoms with Crippen LogP contribution in [0.15, 0.2) is 30.5 Å². The van der Waals surface area contributed by atoms with Crippen LogP contribution in [0.1, 0.15) is 12.8 Å². The van der Waals surface area contributed by atoms with E-state index < -0.39 is 0 Å². The molecule has 1 aromatic heterocycles. The first kappa shape index (κ1) is 10.7. The zero-order valence-electron chi connectivity index (χ0n) is 10.1. The third-order valence-corrected chi connectivity index (χ3v) is 3.51. The second-order valence-electron chi connectivity index (χ2n) is 4.82. The topological polar surface area (TPSA) is 28.3 Å². The van der Waals surface area contributed by atoms with Gasteiger partial charge in [-0.05, 0) is 38.1 Å². The molecule has 17 heavy (non-hydrogen) atoms. The number of aromatic amines is 1. The van der Waals surface area contributed by atoms with Gasteiger partial charge in [-0.15, -0.1) is 0 Å². The number of ether oxygens (including phenoxy) is 1. The lowest BCUT2D eigenvalue weighted by atomic mass is 10.1. The molecule has 1 aliphatic heterocycles. The summed E-state index contributed by atoms with van der Waals surface area (Å²) < 4.78 is 6.13. The Kier molecular flexibility index (Phi) is 2.77. The molecule has 0 saturated carbocycles. The van der Waals surface area contributed by atoms with Gasteiger partial charge in [0.2, 0.25) is 0 Å². The number of hydrogen-bond donors (Lipinski definition) is 1. The maximum Gasteiger partial charge on any atom is 0.129 e. The van der Waals surface area contributed by atoms with Gasteiger partial charge in [0.1, 0.15) is 11.9 Å². The van der Waals surface area contributed by atoms with Crippen molar-refractivity contribution >= 4 is 10.9 Å². The summed E-state index contributed by atoms with van der Waals surface area (Å²) in [5.41, 5.74) is 1.15. The zero-order valence-corrected chi connectivity index (χ0v) is 10.1. The Morgan fingerprint density at radius 1 is 1.24 bits per heavy atom. The number of fused-ring (bicyclic) bond motifs is 1. The van der Waals surface area contributed by atoms with Gasteiger partial charge in [0, 0.05) is 30.2 Å². The summed E-state index contributed by atoms with van der Waals surface area (Å²) in [4.78, 5) is 5.57. The second kappa shape index (κ2) is 4.41. The summed E-state index contributed by atoms with van der Waals surface area (Å²) in [5, 5.41) is 1.19. The average molecular weight is 230 g/mol. The zero-order chi connectivity index (χ0) is 11.7. The van der Waals surface area contributed by atoms with Crippen LogP contribution >= 0.6 is 0 Å². The highest BCUT2D eigenvalue weighted by Crippen LogP contribution is 2.27. The Balaban J connectivity index is 1.78. The van der Waals surface area contributed by atoms with Crippen molar-refractivity contribution in [2.24, 2.45) is 0 Å². The quantitative estimate of drug-likeness (QED) is 0.859. The maximum atomic E-state index is 6.13. The van der Waals surface area contributed by atoms with Crippen molar-refractivity contribution in [2.45, 2.75) is 18.9 Å². The smallest absolute Gasteiger partial charge is 0.129 e. The van der Waals surface area contributed by atoms with Crippen molar-refractivity contribution < 1.29 is 4.74 Å². The molecule has 0 atom stereocenters. The molecular formula is C14H18N2O. The van der Waals surface area contributed by atoms with E-state index in [9.17, 15) is 0 Å². The molecule has 1 fully saturated rings. The van der Waals surface area contributed by atoms with Crippen LogP contribution in [0.25, 0.3) is 10.9 Å². The maximum absolute atomic E-state index is 6.13. The highest BCUT2D eigenvalue weighted by molar-refractivity contribution is 5.85. The first-order valence-electron chi connectivity index (χ1n) is 6.24. The van der Waals surface area contributed by atoms with Crippen molar-refractivity contribution in [2.75, 3.05) is 20.1 Å². The summed E-state index contributed by atoms with van der Waals surface area (Å²) in [6.45, 7) is 2.27. The van der Waals surface area contributed by atoms with E-state index in [4.69, 9.17) is 4.74 Å². The van der Waals surface area contributed by atoms with Gasteiger partial charge in [-0.1, -0.05) is 6.07 Å². The minimum atomic E-state index is 0.367. The van der Waals surface area contributed by atoms with E-state index >= 15 is 0 Å². The van der Waals surface area contributed by atoms with Crippen LogP contribution in [0.2, 0.25) is 0 Å². The van der Waals surface area contributed by atoms with E-state index in [1.807, 2.05) is 12.3 Å². The van der Waals surface area contributed by atoms with Crippen molar-refractivity contribution in [3.63, 3.8) is 0 Å². The van der Waals surface area contributed by atoms with Crippen LogP contribution in [0, 0.1) is 0 Å². The number of piperidine rings is 1. The third kappa shape index (κ3) is 2.15. The Bertz CT molecular complexity index is 498. The van der Waals surface area contributed by atoms with Crippen LogP contribution in [0.3, 0.4) is 0 Å². The lowest BCUT2D eigenvalue weighted by Gasteiger charge is -2.29. The summed E-state index contributed by atoms with van der Waals surface area (Å²) >= 11 is 0. The number of rotatable bonds is 2. The van der Waals surface area contributed by atoms with Crippen LogP contribution in [0.5, 0.6) is 5.75 Å². The van der Waals surface area contributed by atoms with Crippen molar-refractivity contribution in [3.8, 4) is 5.75 Å². The monoisotopic (exact) mass is 230 g/mol. The van der Waals surface area contributed by atoms with Gasteiger partial charge in [0.25, 0.3) is 0 Å². The second-order valence-corrected chi connectivity index (χ2v) is 4.82. The molecule has 0 radical (unpaired) electrons. The molecule has 1 aromatic carbocycles. The van der Waals surface area contributed by atoms with Gasteiger partial charge in [0.05, 0.1) is 0 Å². The molecule has 0 unspecified atom stereocenters. The van der Waals surface area contributed by atoms with Crippen LogP contribution in [-0.2, 0) is 0 Å². The van der Waals surface area contributed by atoms with E-state index in [1.54, 1.807) is 0 Å². The standard InChI is InChI=1S/C14H18N2O/c1-16-9-6-11(7-10-16)17-14-4-2-3-13-12(14)5-8-15-13/h2-5,8,11,15H,6-7,9-10H2,1H3. The molecule has 0 bridgehead atoms. The summed E-state index contributed by atoms with van der Waals surface area (Å²) in [5.74, 6) is 1.01. The van der Waals surface area contributed by atoms with Crippen LogP contribution in [0.4, 0.5) is 0 Å².